The third-order valence-corrected chi connectivity index (χ3v) is 2.90. The van der Waals surface area contributed by atoms with Crippen molar-refractivity contribution in [2.75, 3.05) is 5.32 Å². The minimum absolute atomic E-state index is 0.736. The molecule has 1 aromatic carbocycles. The summed E-state index contributed by atoms with van der Waals surface area (Å²) in [4.78, 5) is 6.99. The first kappa shape index (κ1) is 11.5. The van der Waals surface area contributed by atoms with Crippen molar-refractivity contribution in [2.45, 2.75) is 13.1 Å². The molecule has 96 valence electrons. The van der Waals surface area contributed by atoms with Crippen molar-refractivity contribution in [1.82, 2.24) is 19.7 Å². The topological polar surface area (TPSA) is 58.5 Å². The van der Waals surface area contributed by atoms with E-state index in [-0.39, 0.29) is 0 Å². The smallest absolute Gasteiger partial charge is 0.137 e. The molecule has 0 radical (unpaired) electrons. The molecule has 0 fully saturated rings. The van der Waals surface area contributed by atoms with Gasteiger partial charge < -0.3 is 10.3 Å². The van der Waals surface area contributed by atoms with Gasteiger partial charge in [0.2, 0.25) is 0 Å². The monoisotopic (exact) mass is 253 g/mol. The maximum Gasteiger partial charge on any atom is 0.137 e. The summed E-state index contributed by atoms with van der Waals surface area (Å²) < 4.78 is 1.81. The molecule has 0 bridgehead atoms. The summed E-state index contributed by atoms with van der Waals surface area (Å²) in [5.74, 6) is 0. The van der Waals surface area contributed by atoms with Gasteiger partial charge in [-0.15, -0.1) is 0 Å². The van der Waals surface area contributed by atoms with Gasteiger partial charge in [0.25, 0.3) is 0 Å². The van der Waals surface area contributed by atoms with E-state index < -0.39 is 0 Å². The van der Waals surface area contributed by atoms with Gasteiger partial charge in [-0.2, -0.15) is 5.10 Å². The van der Waals surface area contributed by atoms with Crippen LogP contribution in [0.2, 0.25) is 0 Å². The molecule has 0 saturated carbocycles. The highest BCUT2D eigenvalue weighted by atomic mass is 15.3. The summed E-state index contributed by atoms with van der Waals surface area (Å²) in [6.45, 7) is 1.55. The molecular weight excluding hydrogens is 238 g/mol. The number of aromatic nitrogens is 4. The molecule has 3 rings (SSSR count). The van der Waals surface area contributed by atoms with E-state index in [1.165, 1.54) is 11.1 Å². The number of hydrogen-bond donors (Lipinski definition) is 2. The largest absolute Gasteiger partial charge is 0.381 e. The van der Waals surface area contributed by atoms with E-state index in [9.17, 15) is 0 Å². The van der Waals surface area contributed by atoms with Crippen molar-refractivity contribution in [2.24, 2.45) is 0 Å². The van der Waals surface area contributed by atoms with E-state index in [1.807, 2.05) is 23.1 Å². The molecule has 0 unspecified atom stereocenters. The predicted molar refractivity (Wildman–Crippen MR) is 73.7 cm³/mol. The Morgan fingerprint density at radius 1 is 1.21 bits per heavy atom. The van der Waals surface area contributed by atoms with Crippen molar-refractivity contribution in [1.29, 1.82) is 0 Å². The predicted octanol–water partition coefficient (Wildman–Crippen LogP) is 2.27. The highest BCUT2D eigenvalue weighted by Gasteiger charge is 1.98. The van der Waals surface area contributed by atoms with Gasteiger partial charge >= 0.3 is 0 Å². The lowest BCUT2D eigenvalue weighted by Crippen LogP contribution is -2.02. The second kappa shape index (κ2) is 5.39. The molecule has 0 atom stereocenters. The first-order valence-corrected chi connectivity index (χ1v) is 6.17. The summed E-state index contributed by atoms with van der Waals surface area (Å²) >= 11 is 0. The van der Waals surface area contributed by atoms with Crippen LogP contribution >= 0.6 is 0 Å². The SMILES string of the molecule is c1cc(Cn2cncn2)cc(NCc2cc[nH]c2)c1. The molecule has 0 aliphatic rings. The van der Waals surface area contributed by atoms with Gasteiger partial charge in [-0.05, 0) is 29.3 Å². The second-order valence-electron chi connectivity index (χ2n) is 4.37. The van der Waals surface area contributed by atoms with Crippen LogP contribution in [0.15, 0.2) is 55.4 Å². The molecule has 5 heteroatoms. The van der Waals surface area contributed by atoms with Crippen LogP contribution in [-0.4, -0.2) is 19.7 Å². The molecule has 0 amide bonds. The van der Waals surface area contributed by atoms with Crippen LogP contribution in [0.1, 0.15) is 11.1 Å². The fraction of sp³-hybridized carbons (Fsp3) is 0.143. The standard InChI is InChI=1S/C14H15N5/c1-2-12(9-19-11-16-10-18-19)6-14(3-1)17-8-13-4-5-15-7-13/h1-7,10-11,15,17H,8-9H2. The first-order chi connectivity index (χ1) is 9.40. The summed E-state index contributed by atoms with van der Waals surface area (Å²) in [6.07, 6.45) is 7.19. The van der Waals surface area contributed by atoms with Crippen molar-refractivity contribution in [3.63, 3.8) is 0 Å². The Morgan fingerprint density at radius 3 is 3.00 bits per heavy atom. The lowest BCUT2D eigenvalue weighted by Gasteiger charge is -2.07. The molecule has 5 nitrogen and oxygen atoms in total. The fourth-order valence-corrected chi connectivity index (χ4v) is 1.95. The van der Waals surface area contributed by atoms with Crippen molar-refractivity contribution in [3.8, 4) is 0 Å². The summed E-state index contributed by atoms with van der Waals surface area (Å²) in [5, 5.41) is 7.51. The highest BCUT2D eigenvalue weighted by molar-refractivity contribution is 5.46. The highest BCUT2D eigenvalue weighted by Crippen LogP contribution is 2.12. The van der Waals surface area contributed by atoms with Gasteiger partial charge in [0, 0.05) is 24.6 Å². The number of hydrogen-bond acceptors (Lipinski definition) is 3. The van der Waals surface area contributed by atoms with E-state index in [0.717, 1.165) is 18.8 Å². The van der Waals surface area contributed by atoms with Crippen LogP contribution < -0.4 is 5.32 Å². The van der Waals surface area contributed by atoms with Gasteiger partial charge in [0.1, 0.15) is 12.7 Å². The molecule has 0 saturated heterocycles. The summed E-state index contributed by atoms with van der Waals surface area (Å²) in [5.41, 5.74) is 3.55. The van der Waals surface area contributed by atoms with Gasteiger partial charge in [-0.1, -0.05) is 12.1 Å². The Kier molecular flexibility index (Phi) is 3.27. The second-order valence-corrected chi connectivity index (χ2v) is 4.37. The minimum Gasteiger partial charge on any atom is -0.381 e. The molecule has 2 aromatic heterocycles. The van der Waals surface area contributed by atoms with E-state index >= 15 is 0 Å². The number of nitrogens with one attached hydrogen (secondary N) is 2. The van der Waals surface area contributed by atoms with Crippen LogP contribution in [0.4, 0.5) is 5.69 Å². The van der Waals surface area contributed by atoms with Gasteiger partial charge in [-0.3, -0.25) is 0 Å². The molecule has 2 heterocycles. The third kappa shape index (κ3) is 3.01. The number of benzene rings is 1. The lowest BCUT2D eigenvalue weighted by atomic mass is 10.2. The minimum atomic E-state index is 0.736. The number of aromatic amines is 1. The van der Waals surface area contributed by atoms with E-state index in [2.05, 4.69) is 44.6 Å². The molecule has 0 aliphatic heterocycles. The van der Waals surface area contributed by atoms with E-state index in [0.29, 0.717) is 0 Å². The molecular formula is C14H15N5. The van der Waals surface area contributed by atoms with Gasteiger partial charge in [0.15, 0.2) is 0 Å². The zero-order valence-electron chi connectivity index (χ0n) is 10.5. The number of rotatable bonds is 5. The zero-order valence-corrected chi connectivity index (χ0v) is 10.5. The summed E-state index contributed by atoms with van der Waals surface area (Å²) in [7, 11) is 0. The summed E-state index contributed by atoms with van der Waals surface area (Å²) in [6, 6.07) is 10.4. The molecule has 3 aromatic rings. The van der Waals surface area contributed by atoms with Crippen LogP contribution in [0, 0.1) is 0 Å². The zero-order chi connectivity index (χ0) is 12.9. The Labute approximate surface area is 111 Å². The van der Waals surface area contributed by atoms with Crippen LogP contribution in [-0.2, 0) is 13.1 Å². The normalized spacial score (nSPS) is 10.5. The maximum atomic E-state index is 4.11. The third-order valence-electron chi connectivity index (χ3n) is 2.90. The quantitative estimate of drug-likeness (QED) is 0.733. The average Bonchev–Trinajstić information content (AvgIpc) is 3.10. The van der Waals surface area contributed by atoms with Crippen molar-refractivity contribution >= 4 is 5.69 Å². The maximum absolute atomic E-state index is 4.11. The van der Waals surface area contributed by atoms with E-state index in [1.54, 1.807) is 12.7 Å². The number of anilines is 1. The Hall–Kier alpha value is -2.56. The number of nitrogens with zero attached hydrogens (tertiary/aromatic N) is 3. The fourth-order valence-electron chi connectivity index (χ4n) is 1.95. The number of H-pyrrole nitrogens is 1. The van der Waals surface area contributed by atoms with Crippen molar-refractivity contribution in [3.05, 3.63) is 66.5 Å². The van der Waals surface area contributed by atoms with Gasteiger partial charge in [0.05, 0.1) is 6.54 Å². The molecule has 19 heavy (non-hydrogen) atoms. The first-order valence-electron chi connectivity index (χ1n) is 6.17. The lowest BCUT2D eigenvalue weighted by molar-refractivity contribution is 0.685. The van der Waals surface area contributed by atoms with Crippen LogP contribution in [0.3, 0.4) is 0 Å². The van der Waals surface area contributed by atoms with Crippen LogP contribution in [0.25, 0.3) is 0 Å². The Morgan fingerprint density at radius 2 is 2.21 bits per heavy atom. The molecule has 0 spiro atoms. The Bertz CT molecular complexity index is 613. The van der Waals surface area contributed by atoms with E-state index in [4.69, 9.17) is 0 Å². The van der Waals surface area contributed by atoms with Crippen LogP contribution in [0.5, 0.6) is 0 Å². The Balaban J connectivity index is 1.66. The molecule has 2 N–H and O–H groups in total. The molecule has 0 aliphatic carbocycles. The van der Waals surface area contributed by atoms with Crippen molar-refractivity contribution < 1.29 is 0 Å². The van der Waals surface area contributed by atoms with Gasteiger partial charge in [-0.25, -0.2) is 9.67 Å². The average molecular weight is 253 g/mol.